The summed E-state index contributed by atoms with van der Waals surface area (Å²) in [5.41, 5.74) is 2.79. The molecule has 30 heavy (non-hydrogen) atoms. The Morgan fingerprint density at radius 1 is 1.13 bits per heavy atom. The number of rotatable bonds is 4. The SMILES string of the molecule is C[C@H](NC(=O)Nc1ccc2c(c1)CN(C1CCC(=O)NC1=O)C2=O)c1ccccc1. The van der Waals surface area contributed by atoms with E-state index in [1.54, 1.807) is 18.2 Å². The largest absolute Gasteiger partial charge is 0.331 e. The lowest BCUT2D eigenvalue weighted by Crippen LogP contribution is -2.52. The highest BCUT2D eigenvalue weighted by Crippen LogP contribution is 2.29. The van der Waals surface area contributed by atoms with E-state index >= 15 is 0 Å². The molecule has 3 N–H and O–H groups in total. The van der Waals surface area contributed by atoms with Gasteiger partial charge in [0.25, 0.3) is 5.91 Å². The number of hydrogen-bond donors (Lipinski definition) is 3. The van der Waals surface area contributed by atoms with Crippen molar-refractivity contribution in [2.45, 2.75) is 38.4 Å². The lowest BCUT2D eigenvalue weighted by Gasteiger charge is -2.29. The van der Waals surface area contributed by atoms with Gasteiger partial charge in [-0.05, 0) is 42.7 Å². The zero-order valence-corrected chi connectivity index (χ0v) is 16.5. The molecule has 154 valence electrons. The maximum Gasteiger partial charge on any atom is 0.319 e. The third-order valence-corrected chi connectivity index (χ3v) is 5.43. The maximum atomic E-state index is 12.7. The molecule has 2 aliphatic heterocycles. The first-order valence-electron chi connectivity index (χ1n) is 9.82. The molecule has 1 saturated heterocycles. The van der Waals surface area contributed by atoms with Crippen molar-refractivity contribution in [2.75, 3.05) is 5.32 Å². The van der Waals surface area contributed by atoms with Gasteiger partial charge in [0.05, 0.1) is 6.04 Å². The van der Waals surface area contributed by atoms with E-state index in [9.17, 15) is 19.2 Å². The van der Waals surface area contributed by atoms with E-state index in [0.29, 0.717) is 17.7 Å². The monoisotopic (exact) mass is 406 g/mol. The summed E-state index contributed by atoms with van der Waals surface area (Å²) in [6.45, 7) is 2.16. The molecule has 2 aliphatic rings. The Kier molecular flexibility index (Phi) is 5.22. The van der Waals surface area contributed by atoms with Gasteiger partial charge in [0.15, 0.2) is 0 Å². The normalized spacial score (nSPS) is 19.2. The van der Waals surface area contributed by atoms with E-state index in [2.05, 4.69) is 16.0 Å². The average Bonchev–Trinajstić information content (AvgIpc) is 3.04. The summed E-state index contributed by atoms with van der Waals surface area (Å²) in [4.78, 5) is 50.1. The Morgan fingerprint density at radius 3 is 2.63 bits per heavy atom. The minimum absolute atomic E-state index is 0.162. The first-order valence-corrected chi connectivity index (χ1v) is 9.82. The Labute approximate surface area is 173 Å². The fourth-order valence-electron chi connectivity index (χ4n) is 3.84. The Hall–Kier alpha value is -3.68. The van der Waals surface area contributed by atoms with Crippen LogP contribution in [0.3, 0.4) is 0 Å². The second-order valence-corrected chi connectivity index (χ2v) is 7.50. The van der Waals surface area contributed by atoms with Crippen molar-refractivity contribution in [1.29, 1.82) is 0 Å². The topological polar surface area (TPSA) is 108 Å². The Bertz CT molecular complexity index is 1020. The van der Waals surface area contributed by atoms with Crippen LogP contribution in [0.25, 0.3) is 0 Å². The van der Waals surface area contributed by atoms with Crippen molar-refractivity contribution in [1.82, 2.24) is 15.5 Å². The summed E-state index contributed by atoms with van der Waals surface area (Å²) in [5.74, 6) is -1.00. The fourth-order valence-corrected chi connectivity index (χ4v) is 3.84. The second-order valence-electron chi connectivity index (χ2n) is 7.50. The number of anilines is 1. The van der Waals surface area contributed by atoms with Crippen LogP contribution < -0.4 is 16.0 Å². The molecule has 2 aromatic carbocycles. The summed E-state index contributed by atoms with van der Waals surface area (Å²) in [5, 5.41) is 7.96. The van der Waals surface area contributed by atoms with Crippen molar-refractivity contribution in [3.8, 4) is 0 Å². The number of nitrogens with one attached hydrogen (secondary N) is 3. The molecule has 2 atom stereocenters. The number of piperidine rings is 1. The predicted molar refractivity (Wildman–Crippen MR) is 109 cm³/mol. The standard InChI is InChI=1S/C22H22N4O4/c1-13(14-5-3-2-4-6-14)23-22(30)24-16-7-8-17-15(11-16)12-26(21(17)29)18-9-10-19(27)25-20(18)28/h2-8,11,13,18H,9-10,12H2,1H3,(H2,23,24,30)(H,25,27,28)/t13-,18?/m0/s1. The van der Waals surface area contributed by atoms with Gasteiger partial charge in [-0.15, -0.1) is 0 Å². The molecular formula is C22H22N4O4. The van der Waals surface area contributed by atoms with E-state index in [0.717, 1.165) is 11.1 Å². The molecule has 8 nitrogen and oxygen atoms in total. The Morgan fingerprint density at radius 2 is 1.90 bits per heavy atom. The fraction of sp³-hybridized carbons (Fsp3) is 0.273. The third kappa shape index (κ3) is 3.89. The average molecular weight is 406 g/mol. The number of carbonyl (C=O) groups is 4. The minimum atomic E-state index is -0.658. The first-order chi connectivity index (χ1) is 14.4. The van der Waals surface area contributed by atoms with Crippen LogP contribution in [0.4, 0.5) is 10.5 Å². The lowest BCUT2D eigenvalue weighted by molar-refractivity contribution is -0.136. The Balaban J connectivity index is 1.42. The van der Waals surface area contributed by atoms with Gasteiger partial charge in [-0.2, -0.15) is 0 Å². The zero-order valence-electron chi connectivity index (χ0n) is 16.5. The molecule has 2 aromatic rings. The number of urea groups is 1. The van der Waals surface area contributed by atoms with Crippen LogP contribution >= 0.6 is 0 Å². The number of nitrogens with zero attached hydrogens (tertiary/aromatic N) is 1. The van der Waals surface area contributed by atoms with Crippen LogP contribution in [0.2, 0.25) is 0 Å². The molecule has 8 heteroatoms. The molecule has 0 saturated carbocycles. The molecule has 2 heterocycles. The van der Waals surface area contributed by atoms with Crippen LogP contribution in [-0.2, 0) is 16.1 Å². The molecule has 0 spiro atoms. The number of imide groups is 1. The van der Waals surface area contributed by atoms with Gasteiger partial charge in [-0.3, -0.25) is 19.7 Å². The third-order valence-electron chi connectivity index (χ3n) is 5.43. The van der Waals surface area contributed by atoms with Gasteiger partial charge in [0.2, 0.25) is 11.8 Å². The van der Waals surface area contributed by atoms with Crippen molar-refractivity contribution in [3.05, 3.63) is 65.2 Å². The number of carbonyl (C=O) groups excluding carboxylic acids is 4. The number of fused-ring (bicyclic) bond motifs is 1. The van der Waals surface area contributed by atoms with Crippen molar-refractivity contribution >= 4 is 29.4 Å². The quantitative estimate of drug-likeness (QED) is 0.677. The van der Waals surface area contributed by atoms with Gasteiger partial charge in [0.1, 0.15) is 6.04 Å². The minimum Gasteiger partial charge on any atom is -0.331 e. The van der Waals surface area contributed by atoms with Gasteiger partial charge in [-0.1, -0.05) is 30.3 Å². The van der Waals surface area contributed by atoms with Crippen molar-refractivity contribution in [3.63, 3.8) is 0 Å². The highest BCUT2D eigenvalue weighted by Gasteiger charge is 2.39. The lowest BCUT2D eigenvalue weighted by atomic mass is 10.0. The number of benzene rings is 2. The van der Waals surface area contributed by atoms with E-state index < -0.39 is 11.9 Å². The van der Waals surface area contributed by atoms with E-state index in [1.165, 1.54) is 4.90 Å². The highest BCUT2D eigenvalue weighted by molar-refractivity contribution is 6.05. The van der Waals surface area contributed by atoms with Crippen LogP contribution in [0, 0.1) is 0 Å². The van der Waals surface area contributed by atoms with E-state index in [1.807, 2.05) is 37.3 Å². The molecular weight excluding hydrogens is 384 g/mol. The first kappa shape index (κ1) is 19.6. The summed E-state index contributed by atoms with van der Waals surface area (Å²) in [7, 11) is 0. The van der Waals surface area contributed by atoms with E-state index in [4.69, 9.17) is 0 Å². The van der Waals surface area contributed by atoms with Gasteiger partial charge < -0.3 is 15.5 Å². The smallest absolute Gasteiger partial charge is 0.319 e. The van der Waals surface area contributed by atoms with Crippen molar-refractivity contribution < 1.29 is 19.2 Å². The van der Waals surface area contributed by atoms with Crippen LogP contribution in [0.5, 0.6) is 0 Å². The maximum absolute atomic E-state index is 12.7. The molecule has 1 fully saturated rings. The zero-order chi connectivity index (χ0) is 21.3. The molecule has 0 radical (unpaired) electrons. The van der Waals surface area contributed by atoms with Crippen LogP contribution in [-0.4, -0.2) is 34.7 Å². The van der Waals surface area contributed by atoms with Gasteiger partial charge >= 0.3 is 6.03 Å². The molecule has 0 bridgehead atoms. The van der Waals surface area contributed by atoms with Crippen LogP contribution in [0.15, 0.2) is 48.5 Å². The summed E-state index contributed by atoms with van der Waals surface area (Å²) < 4.78 is 0. The van der Waals surface area contributed by atoms with Gasteiger partial charge in [0, 0.05) is 24.2 Å². The predicted octanol–water partition coefficient (Wildman–Crippen LogP) is 2.33. The summed E-state index contributed by atoms with van der Waals surface area (Å²) in [6, 6.07) is 13.5. The van der Waals surface area contributed by atoms with E-state index in [-0.39, 0.29) is 36.9 Å². The van der Waals surface area contributed by atoms with Gasteiger partial charge in [-0.25, -0.2) is 4.79 Å². The number of amides is 5. The highest BCUT2D eigenvalue weighted by atomic mass is 16.2. The van der Waals surface area contributed by atoms with Crippen molar-refractivity contribution in [2.24, 2.45) is 0 Å². The molecule has 4 rings (SSSR count). The molecule has 5 amide bonds. The molecule has 1 unspecified atom stereocenters. The molecule has 0 aliphatic carbocycles. The number of hydrogen-bond acceptors (Lipinski definition) is 4. The molecule has 0 aromatic heterocycles. The second kappa shape index (κ2) is 7.98. The van der Waals surface area contributed by atoms with Crippen LogP contribution in [0.1, 0.15) is 47.3 Å². The summed E-state index contributed by atoms with van der Waals surface area (Å²) in [6.07, 6.45) is 0.526. The summed E-state index contributed by atoms with van der Waals surface area (Å²) >= 11 is 0.